The molecule has 0 aromatic heterocycles. The largest absolute Gasteiger partial charge is 0.506 e. The molecule has 1 amide bonds. The smallest absolute Gasteiger partial charge is 0.227 e. The van der Waals surface area contributed by atoms with E-state index in [-0.39, 0.29) is 35.6 Å². The van der Waals surface area contributed by atoms with Crippen LogP contribution in [-0.2, 0) is 11.2 Å². The van der Waals surface area contributed by atoms with E-state index < -0.39 is 0 Å². The van der Waals surface area contributed by atoms with Gasteiger partial charge in [0.05, 0.1) is 11.4 Å². The van der Waals surface area contributed by atoms with Crippen molar-refractivity contribution in [3.63, 3.8) is 0 Å². The van der Waals surface area contributed by atoms with Gasteiger partial charge in [-0.2, -0.15) is 0 Å². The number of amides is 1. The van der Waals surface area contributed by atoms with Crippen LogP contribution in [0.15, 0.2) is 18.2 Å². The second-order valence-corrected chi connectivity index (χ2v) is 7.73. The molecule has 2 saturated heterocycles. The molecule has 0 radical (unpaired) electrons. The van der Waals surface area contributed by atoms with Crippen LogP contribution in [0.3, 0.4) is 0 Å². The molecule has 2 N–H and O–H groups in total. The summed E-state index contributed by atoms with van der Waals surface area (Å²) in [6.07, 6.45) is 4.08. The molecular weight excluding hydrogens is 340 g/mol. The Balaban J connectivity index is 1.58. The summed E-state index contributed by atoms with van der Waals surface area (Å²) in [6.45, 7) is 4.71. The van der Waals surface area contributed by atoms with Gasteiger partial charge < -0.3 is 20.0 Å². The van der Waals surface area contributed by atoms with Crippen molar-refractivity contribution in [2.45, 2.75) is 25.7 Å². The van der Waals surface area contributed by atoms with Crippen LogP contribution in [0.25, 0.3) is 0 Å². The third-order valence-electron chi connectivity index (χ3n) is 5.47. The first-order chi connectivity index (χ1) is 12.1. The molecule has 138 valence electrons. The number of phenolic OH excluding ortho intramolecular Hbond substituents is 1. The second-order valence-electron chi connectivity index (χ2n) is 7.33. The van der Waals surface area contributed by atoms with Crippen molar-refractivity contribution in [3.8, 4) is 5.75 Å². The maximum atomic E-state index is 12.6. The number of halogens is 1. The molecule has 0 aliphatic carbocycles. The van der Waals surface area contributed by atoms with Crippen molar-refractivity contribution in [1.82, 2.24) is 9.80 Å². The summed E-state index contributed by atoms with van der Waals surface area (Å²) in [5.74, 6) is 0.590. The minimum Gasteiger partial charge on any atom is -0.506 e. The summed E-state index contributed by atoms with van der Waals surface area (Å²) < 4.78 is 0. The predicted molar refractivity (Wildman–Crippen MR) is 97.8 cm³/mol. The molecule has 2 aliphatic rings. The van der Waals surface area contributed by atoms with Gasteiger partial charge >= 0.3 is 0 Å². The van der Waals surface area contributed by atoms with E-state index in [0.717, 1.165) is 25.2 Å². The van der Waals surface area contributed by atoms with Crippen molar-refractivity contribution >= 4 is 17.5 Å². The molecule has 1 aromatic carbocycles. The summed E-state index contributed by atoms with van der Waals surface area (Å²) in [5.41, 5.74) is 0.799. The normalized spacial score (nSPS) is 24.6. The lowest BCUT2D eigenvalue weighted by atomic mass is 9.95. The summed E-state index contributed by atoms with van der Waals surface area (Å²) in [4.78, 5) is 17.0. The molecule has 5 nitrogen and oxygen atoms in total. The SMILES string of the molecule is O=C(Cc1ccc(O)c(Cl)c1)N1C[C@@H](CN2CCCCC2)[C@@H](CO)C1. The maximum absolute atomic E-state index is 12.6. The van der Waals surface area contributed by atoms with Crippen molar-refractivity contribution in [1.29, 1.82) is 0 Å². The van der Waals surface area contributed by atoms with Gasteiger partial charge in [0.1, 0.15) is 5.75 Å². The van der Waals surface area contributed by atoms with Gasteiger partial charge in [0, 0.05) is 32.2 Å². The van der Waals surface area contributed by atoms with Crippen molar-refractivity contribution in [2.24, 2.45) is 11.8 Å². The molecule has 2 heterocycles. The number of hydrogen-bond acceptors (Lipinski definition) is 4. The molecule has 2 aliphatic heterocycles. The first-order valence-corrected chi connectivity index (χ1v) is 9.53. The molecule has 0 bridgehead atoms. The average molecular weight is 367 g/mol. The first kappa shape index (κ1) is 18.5. The van der Waals surface area contributed by atoms with Gasteiger partial charge in [-0.1, -0.05) is 24.1 Å². The molecule has 2 atom stereocenters. The Morgan fingerprint density at radius 2 is 1.88 bits per heavy atom. The third-order valence-corrected chi connectivity index (χ3v) is 5.78. The van der Waals surface area contributed by atoms with Crippen LogP contribution in [0.1, 0.15) is 24.8 Å². The number of nitrogens with zero attached hydrogens (tertiary/aromatic N) is 2. The Bertz CT molecular complexity index is 604. The number of hydrogen-bond donors (Lipinski definition) is 2. The summed E-state index contributed by atoms with van der Waals surface area (Å²) >= 11 is 5.92. The highest BCUT2D eigenvalue weighted by atomic mass is 35.5. The number of likely N-dealkylation sites (tertiary alicyclic amines) is 2. The fraction of sp³-hybridized carbons (Fsp3) is 0.632. The number of phenols is 1. The summed E-state index contributed by atoms with van der Waals surface area (Å²) in [5, 5.41) is 19.5. The van der Waals surface area contributed by atoms with E-state index in [9.17, 15) is 15.0 Å². The average Bonchev–Trinajstić information content (AvgIpc) is 3.02. The van der Waals surface area contributed by atoms with Crippen molar-refractivity contribution in [2.75, 3.05) is 39.3 Å². The zero-order chi connectivity index (χ0) is 17.8. The predicted octanol–water partition coefficient (Wildman–Crippen LogP) is 2.14. The van der Waals surface area contributed by atoms with E-state index in [1.807, 2.05) is 4.90 Å². The number of benzene rings is 1. The Labute approximate surface area is 154 Å². The second kappa shape index (κ2) is 8.39. The van der Waals surface area contributed by atoms with Gasteiger partial charge in [-0.25, -0.2) is 0 Å². The Morgan fingerprint density at radius 1 is 1.16 bits per heavy atom. The number of aromatic hydroxyl groups is 1. The third kappa shape index (κ3) is 4.66. The minimum absolute atomic E-state index is 0.0287. The van der Waals surface area contributed by atoms with Crippen LogP contribution in [0.5, 0.6) is 5.75 Å². The minimum atomic E-state index is 0.0287. The van der Waals surface area contributed by atoms with E-state index in [1.54, 1.807) is 12.1 Å². The Hall–Kier alpha value is -1.30. The number of carbonyl (C=O) groups is 1. The summed E-state index contributed by atoms with van der Waals surface area (Å²) in [6, 6.07) is 4.88. The monoisotopic (exact) mass is 366 g/mol. The number of rotatable bonds is 5. The Morgan fingerprint density at radius 3 is 2.56 bits per heavy atom. The quantitative estimate of drug-likeness (QED) is 0.838. The van der Waals surface area contributed by atoms with E-state index in [2.05, 4.69) is 4.90 Å². The van der Waals surface area contributed by atoms with Crippen LogP contribution in [0.2, 0.25) is 5.02 Å². The van der Waals surface area contributed by atoms with Gasteiger partial charge in [0.15, 0.2) is 0 Å². The van der Waals surface area contributed by atoms with Crippen molar-refractivity contribution < 1.29 is 15.0 Å². The van der Waals surface area contributed by atoms with E-state index >= 15 is 0 Å². The maximum Gasteiger partial charge on any atom is 0.227 e. The molecule has 0 saturated carbocycles. The standard InChI is InChI=1S/C19H27ClN2O3/c20-17-8-14(4-5-18(17)24)9-19(25)22-11-15(16(12-22)13-23)10-21-6-2-1-3-7-21/h4-5,8,15-16,23-24H,1-3,6-7,9-13H2/t15-,16-/m1/s1. The number of aliphatic hydroxyl groups is 1. The number of carbonyl (C=O) groups excluding carboxylic acids is 1. The fourth-order valence-electron chi connectivity index (χ4n) is 3.98. The zero-order valence-electron chi connectivity index (χ0n) is 14.5. The van der Waals surface area contributed by atoms with Crippen LogP contribution in [0, 0.1) is 11.8 Å². The van der Waals surface area contributed by atoms with Gasteiger partial charge in [-0.15, -0.1) is 0 Å². The highest BCUT2D eigenvalue weighted by molar-refractivity contribution is 6.32. The lowest BCUT2D eigenvalue weighted by Crippen LogP contribution is -2.37. The molecule has 0 unspecified atom stereocenters. The number of aliphatic hydroxyl groups excluding tert-OH is 1. The van der Waals surface area contributed by atoms with Crippen LogP contribution >= 0.6 is 11.6 Å². The van der Waals surface area contributed by atoms with Crippen LogP contribution < -0.4 is 0 Å². The van der Waals surface area contributed by atoms with Crippen LogP contribution in [-0.4, -0.2) is 65.3 Å². The molecule has 2 fully saturated rings. The summed E-state index contributed by atoms with van der Waals surface area (Å²) in [7, 11) is 0. The van der Waals surface area contributed by atoms with Crippen molar-refractivity contribution in [3.05, 3.63) is 28.8 Å². The molecular formula is C19H27ClN2O3. The molecule has 6 heteroatoms. The molecule has 0 spiro atoms. The fourth-order valence-corrected chi connectivity index (χ4v) is 4.18. The first-order valence-electron chi connectivity index (χ1n) is 9.15. The lowest BCUT2D eigenvalue weighted by Gasteiger charge is -2.30. The topological polar surface area (TPSA) is 64.0 Å². The van der Waals surface area contributed by atoms with Gasteiger partial charge in [-0.3, -0.25) is 4.79 Å². The number of piperidine rings is 1. The lowest BCUT2D eigenvalue weighted by molar-refractivity contribution is -0.129. The molecule has 25 heavy (non-hydrogen) atoms. The van der Waals surface area contributed by atoms with Gasteiger partial charge in [0.25, 0.3) is 0 Å². The van der Waals surface area contributed by atoms with E-state index in [1.165, 1.54) is 25.3 Å². The highest BCUT2D eigenvalue weighted by Gasteiger charge is 2.35. The molecule has 3 rings (SSSR count). The van der Waals surface area contributed by atoms with Gasteiger partial charge in [-0.05, 0) is 49.5 Å². The van der Waals surface area contributed by atoms with E-state index in [0.29, 0.717) is 19.0 Å². The van der Waals surface area contributed by atoms with E-state index in [4.69, 9.17) is 11.6 Å². The zero-order valence-corrected chi connectivity index (χ0v) is 15.3. The Kier molecular flexibility index (Phi) is 6.20. The molecule has 1 aromatic rings. The van der Waals surface area contributed by atoms with Gasteiger partial charge in [0.2, 0.25) is 5.91 Å². The highest BCUT2D eigenvalue weighted by Crippen LogP contribution is 2.27. The van der Waals surface area contributed by atoms with Crippen LogP contribution in [0.4, 0.5) is 0 Å².